The molecule has 1 N–H and O–H groups in total. The molecule has 0 atom stereocenters. The van der Waals surface area contributed by atoms with E-state index in [-0.39, 0.29) is 29.2 Å². The van der Waals surface area contributed by atoms with Gasteiger partial charge in [-0.15, -0.1) is 12.4 Å². The van der Waals surface area contributed by atoms with Crippen molar-refractivity contribution in [3.05, 3.63) is 65.9 Å². The molecule has 0 aliphatic carbocycles. The molecule has 0 fully saturated rings. The molecule has 0 aliphatic rings. The van der Waals surface area contributed by atoms with Gasteiger partial charge in [0.25, 0.3) is 0 Å². The third kappa shape index (κ3) is 3.33. The van der Waals surface area contributed by atoms with Crippen LogP contribution < -0.4 is 5.32 Å². The second-order valence-electron chi connectivity index (χ2n) is 5.71. The highest BCUT2D eigenvalue weighted by Crippen LogP contribution is 2.27. The van der Waals surface area contributed by atoms with Gasteiger partial charge in [0.05, 0.1) is 17.1 Å². The van der Waals surface area contributed by atoms with Crippen LogP contribution in [0.15, 0.2) is 43.0 Å². The minimum Gasteiger partial charge on any atom is -0.324 e. The number of rotatable bonds is 3. The van der Waals surface area contributed by atoms with Gasteiger partial charge in [0.1, 0.15) is 41.1 Å². The van der Waals surface area contributed by atoms with Crippen LogP contribution in [0.3, 0.4) is 0 Å². The molecule has 3 aromatic heterocycles. The van der Waals surface area contributed by atoms with Gasteiger partial charge in [-0.05, 0) is 19.1 Å². The average Bonchev–Trinajstić information content (AvgIpc) is 3.10. The van der Waals surface area contributed by atoms with Crippen molar-refractivity contribution in [2.24, 2.45) is 0 Å². The molecule has 4 rings (SSSR count). The van der Waals surface area contributed by atoms with Crippen LogP contribution in [0.25, 0.3) is 16.6 Å². The van der Waals surface area contributed by atoms with E-state index in [1.165, 1.54) is 30.7 Å². The second-order valence-corrected chi connectivity index (χ2v) is 5.71. The van der Waals surface area contributed by atoms with Crippen molar-refractivity contribution >= 4 is 34.9 Å². The van der Waals surface area contributed by atoms with Gasteiger partial charge in [0, 0.05) is 18.0 Å². The summed E-state index contributed by atoms with van der Waals surface area (Å²) in [5.74, 6) is -0.538. The van der Waals surface area contributed by atoms with Crippen LogP contribution in [0.5, 0.6) is 0 Å². The molecular weight excluding hydrogens is 388 g/mol. The van der Waals surface area contributed by atoms with Crippen LogP contribution in [-0.4, -0.2) is 24.7 Å². The van der Waals surface area contributed by atoms with Crippen LogP contribution in [0, 0.1) is 29.9 Å². The average molecular weight is 400 g/mol. The molecule has 0 saturated carbocycles. The lowest BCUT2D eigenvalue weighted by molar-refractivity contribution is 0.608. The van der Waals surface area contributed by atoms with Crippen molar-refractivity contribution in [2.45, 2.75) is 6.92 Å². The van der Waals surface area contributed by atoms with E-state index in [0.717, 1.165) is 16.6 Å². The maximum Gasteiger partial charge on any atom is 0.169 e. The summed E-state index contributed by atoms with van der Waals surface area (Å²) >= 11 is 0. The molecule has 28 heavy (non-hydrogen) atoms. The fraction of sp³-hybridized carbons (Fsp3) is 0.0556. The summed E-state index contributed by atoms with van der Waals surface area (Å²) < 4.78 is 29.7. The topological polar surface area (TPSA) is 92.3 Å². The Morgan fingerprint density at radius 2 is 1.96 bits per heavy atom. The minimum absolute atomic E-state index is 0. The van der Waals surface area contributed by atoms with E-state index in [1.807, 2.05) is 6.07 Å². The SMILES string of the molecule is Cc1cc(Nc2ncc(F)c3nn(-c4c(F)cccc4C#N)cc23)ncn1.Cl. The number of nitrogens with one attached hydrogen (secondary N) is 1. The Morgan fingerprint density at radius 1 is 1.14 bits per heavy atom. The molecule has 0 spiro atoms. The Morgan fingerprint density at radius 3 is 2.71 bits per heavy atom. The van der Waals surface area contributed by atoms with Crippen molar-refractivity contribution in [3.8, 4) is 11.8 Å². The van der Waals surface area contributed by atoms with Crippen LogP contribution in [0.1, 0.15) is 11.3 Å². The molecular formula is C18H12ClF2N7. The summed E-state index contributed by atoms with van der Waals surface area (Å²) in [7, 11) is 0. The third-order valence-electron chi connectivity index (χ3n) is 3.89. The first kappa shape index (κ1) is 19.1. The Labute approximate surface area is 164 Å². The van der Waals surface area contributed by atoms with Gasteiger partial charge in [-0.2, -0.15) is 10.4 Å². The summed E-state index contributed by atoms with van der Waals surface area (Å²) in [6.45, 7) is 1.81. The van der Waals surface area contributed by atoms with E-state index in [2.05, 4.69) is 25.4 Å². The molecule has 0 radical (unpaired) electrons. The van der Waals surface area contributed by atoms with E-state index in [1.54, 1.807) is 13.0 Å². The van der Waals surface area contributed by atoms with Gasteiger partial charge in [-0.1, -0.05) is 6.07 Å². The molecule has 0 aliphatic heterocycles. The summed E-state index contributed by atoms with van der Waals surface area (Å²) in [5.41, 5.74) is 0.758. The Kier molecular flexibility index (Phi) is 5.15. The molecule has 10 heteroatoms. The standard InChI is InChI=1S/C18H11F2N7.ClH/c1-10-5-15(24-9-23-10)25-18-12-8-27(26-16(12)14(20)7-22-18)17-11(6-21)3-2-4-13(17)19;/h2-5,7-9H,1H3,(H,22,23,24,25);1H. The summed E-state index contributed by atoms with van der Waals surface area (Å²) in [6.07, 6.45) is 3.82. The van der Waals surface area contributed by atoms with Crippen LogP contribution in [0.4, 0.5) is 20.4 Å². The summed E-state index contributed by atoms with van der Waals surface area (Å²) in [6, 6.07) is 7.70. The number of fused-ring (bicyclic) bond motifs is 1. The maximum absolute atomic E-state index is 14.3. The number of aryl methyl sites for hydroxylation is 1. The van der Waals surface area contributed by atoms with Crippen molar-refractivity contribution < 1.29 is 8.78 Å². The Balaban J connectivity index is 0.00000225. The molecule has 1 aromatic carbocycles. The quantitative estimate of drug-likeness (QED) is 0.562. The van der Waals surface area contributed by atoms with Crippen molar-refractivity contribution in [1.29, 1.82) is 5.26 Å². The van der Waals surface area contributed by atoms with Gasteiger partial charge in [-0.25, -0.2) is 28.4 Å². The highest BCUT2D eigenvalue weighted by molar-refractivity contribution is 5.91. The zero-order valence-electron chi connectivity index (χ0n) is 14.4. The van der Waals surface area contributed by atoms with Gasteiger partial charge in [-0.3, -0.25) is 0 Å². The summed E-state index contributed by atoms with van der Waals surface area (Å²) in [4.78, 5) is 12.1. The monoisotopic (exact) mass is 399 g/mol. The molecule has 0 unspecified atom stereocenters. The molecule has 7 nitrogen and oxygen atoms in total. The fourth-order valence-corrected chi connectivity index (χ4v) is 2.67. The van der Waals surface area contributed by atoms with Crippen LogP contribution in [0.2, 0.25) is 0 Å². The van der Waals surface area contributed by atoms with E-state index >= 15 is 0 Å². The van der Waals surface area contributed by atoms with E-state index in [9.17, 15) is 14.0 Å². The zero-order chi connectivity index (χ0) is 19.0. The predicted octanol–water partition coefficient (Wildman–Crippen LogP) is 3.83. The van der Waals surface area contributed by atoms with E-state index in [4.69, 9.17) is 0 Å². The van der Waals surface area contributed by atoms with Crippen molar-refractivity contribution in [1.82, 2.24) is 24.7 Å². The van der Waals surface area contributed by atoms with Crippen LogP contribution in [-0.2, 0) is 0 Å². The lowest BCUT2D eigenvalue weighted by Crippen LogP contribution is -2.01. The first-order valence-electron chi connectivity index (χ1n) is 7.85. The molecule has 3 heterocycles. The first-order chi connectivity index (χ1) is 13.1. The lowest BCUT2D eigenvalue weighted by atomic mass is 10.2. The lowest BCUT2D eigenvalue weighted by Gasteiger charge is -2.06. The summed E-state index contributed by atoms with van der Waals surface area (Å²) in [5, 5.41) is 16.6. The molecule has 140 valence electrons. The molecule has 0 amide bonds. The minimum atomic E-state index is -0.664. The van der Waals surface area contributed by atoms with E-state index in [0.29, 0.717) is 17.0 Å². The number of benzene rings is 1. The maximum atomic E-state index is 14.3. The zero-order valence-corrected chi connectivity index (χ0v) is 15.2. The van der Waals surface area contributed by atoms with Gasteiger partial charge < -0.3 is 5.32 Å². The number of aromatic nitrogens is 5. The second kappa shape index (κ2) is 7.54. The Bertz CT molecular complexity index is 1220. The van der Waals surface area contributed by atoms with Gasteiger partial charge in [0.15, 0.2) is 5.82 Å². The third-order valence-corrected chi connectivity index (χ3v) is 3.89. The highest BCUT2D eigenvalue weighted by atomic mass is 35.5. The number of nitrogens with zero attached hydrogens (tertiary/aromatic N) is 6. The van der Waals surface area contributed by atoms with E-state index < -0.39 is 11.6 Å². The number of pyridine rings is 1. The number of para-hydroxylation sites is 1. The molecule has 4 aromatic rings. The molecule has 0 saturated heterocycles. The normalized spacial score (nSPS) is 10.4. The predicted molar refractivity (Wildman–Crippen MR) is 101 cm³/mol. The number of anilines is 2. The first-order valence-corrected chi connectivity index (χ1v) is 7.85. The Hall–Kier alpha value is -3.64. The van der Waals surface area contributed by atoms with Crippen LogP contribution >= 0.6 is 12.4 Å². The number of hydrogen-bond acceptors (Lipinski definition) is 6. The highest BCUT2D eigenvalue weighted by Gasteiger charge is 2.17. The van der Waals surface area contributed by atoms with Gasteiger partial charge >= 0.3 is 0 Å². The molecule has 0 bridgehead atoms. The number of halogens is 3. The fourth-order valence-electron chi connectivity index (χ4n) is 2.67. The smallest absolute Gasteiger partial charge is 0.169 e. The van der Waals surface area contributed by atoms with Gasteiger partial charge in [0.2, 0.25) is 0 Å². The van der Waals surface area contributed by atoms with Crippen molar-refractivity contribution in [3.63, 3.8) is 0 Å². The largest absolute Gasteiger partial charge is 0.324 e. The number of hydrogen-bond donors (Lipinski definition) is 1. The number of nitriles is 1. The van der Waals surface area contributed by atoms with Crippen molar-refractivity contribution in [2.75, 3.05) is 5.32 Å².